The molecule has 14 heavy (non-hydrogen) atoms. The zero-order valence-electron chi connectivity index (χ0n) is 8.59. The lowest BCUT2D eigenvalue weighted by atomic mass is 9.75. The van der Waals surface area contributed by atoms with Gasteiger partial charge in [0.05, 0.1) is 5.60 Å². The molecule has 0 atom stereocenters. The highest BCUT2D eigenvalue weighted by Crippen LogP contribution is 2.40. The van der Waals surface area contributed by atoms with Crippen molar-refractivity contribution in [1.82, 2.24) is 5.32 Å². The van der Waals surface area contributed by atoms with Crippen molar-refractivity contribution in [2.75, 3.05) is 7.05 Å². The first-order chi connectivity index (χ1) is 6.74. The van der Waals surface area contributed by atoms with Crippen molar-refractivity contribution in [1.29, 1.82) is 0 Å². The lowest BCUT2D eigenvalue weighted by molar-refractivity contribution is -0.0388. The fraction of sp³-hybridized carbons (Fsp3) is 0.500. The fourth-order valence-electron chi connectivity index (χ4n) is 1.94. The maximum Gasteiger partial charge on any atom is 0.0896 e. The number of nitrogens with one attached hydrogen (secondary N) is 1. The summed E-state index contributed by atoms with van der Waals surface area (Å²) in [4.78, 5) is 0. The van der Waals surface area contributed by atoms with E-state index in [1.165, 1.54) is 5.56 Å². The molecule has 1 saturated carbocycles. The summed E-state index contributed by atoms with van der Waals surface area (Å²) in [5, 5.41) is 13.2. The van der Waals surface area contributed by atoms with Gasteiger partial charge in [0.1, 0.15) is 0 Å². The van der Waals surface area contributed by atoms with Crippen molar-refractivity contribution in [3.05, 3.63) is 35.4 Å². The molecule has 2 N–H and O–H groups in total. The van der Waals surface area contributed by atoms with Crippen molar-refractivity contribution in [2.45, 2.75) is 31.4 Å². The Morgan fingerprint density at radius 2 is 1.93 bits per heavy atom. The monoisotopic (exact) mass is 191 g/mol. The van der Waals surface area contributed by atoms with Crippen molar-refractivity contribution >= 4 is 0 Å². The van der Waals surface area contributed by atoms with E-state index >= 15 is 0 Å². The molecule has 1 aliphatic carbocycles. The summed E-state index contributed by atoms with van der Waals surface area (Å²) in [5.74, 6) is 0. The van der Waals surface area contributed by atoms with E-state index in [-0.39, 0.29) is 0 Å². The third-order valence-electron chi connectivity index (χ3n) is 3.05. The van der Waals surface area contributed by atoms with Crippen LogP contribution in [-0.2, 0) is 12.1 Å². The Hall–Kier alpha value is -0.860. The van der Waals surface area contributed by atoms with E-state index in [0.717, 1.165) is 31.4 Å². The van der Waals surface area contributed by atoms with E-state index in [4.69, 9.17) is 0 Å². The molecule has 0 aromatic heterocycles. The Morgan fingerprint density at radius 3 is 2.36 bits per heavy atom. The number of hydrogen-bond donors (Lipinski definition) is 2. The second-order valence-corrected chi connectivity index (χ2v) is 4.11. The molecule has 0 aliphatic heterocycles. The van der Waals surface area contributed by atoms with Crippen molar-refractivity contribution in [3.63, 3.8) is 0 Å². The van der Waals surface area contributed by atoms with E-state index in [2.05, 4.69) is 17.4 Å². The zero-order valence-corrected chi connectivity index (χ0v) is 8.59. The zero-order chi connectivity index (χ0) is 10.0. The second-order valence-electron chi connectivity index (χ2n) is 4.11. The normalized spacial score (nSPS) is 19.0. The maximum absolute atomic E-state index is 10.1. The molecule has 0 spiro atoms. The molecule has 1 aliphatic rings. The smallest absolute Gasteiger partial charge is 0.0896 e. The van der Waals surface area contributed by atoms with Crippen LogP contribution in [0.25, 0.3) is 0 Å². The van der Waals surface area contributed by atoms with Gasteiger partial charge in [0.25, 0.3) is 0 Å². The van der Waals surface area contributed by atoms with Gasteiger partial charge in [0, 0.05) is 6.54 Å². The Morgan fingerprint density at radius 1 is 1.29 bits per heavy atom. The van der Waals surface area contributed by atoms with Crippen LogP contribution < -0.4 is 5.32 Å². The van der Waals surface area contributed by atoms with Gasteiger partial charge in [-0.05, 0) is 37.4 Å². The van der Waals surface area contributed by atoms with Crippen LogP contribution >= 0.6 is 0 Å². The highest BCUT2D eigenvalue weighted by atomic mass is 16.3. The molecular formula is C12H17NO. The molecule has 0 amide bonds. The lowest BCUT2D eigenvalue weighted by Gasteiger charge is -2.37. The highest BCUT2D eigenvalue weighted by Gasteiger charge is 2.35. The molecule has 2 rings (SSSR count). The average Bonchev–Trinajstić information content (AvgIpc) is 2.16. The van der Waals surface area contributed by atoms with E-state index in [0.29, 0.717) is 0 Å². The van der Waals surface area contributed by atoms with Gasteiger partial charge in [-0.1, -0.05) is 24.3 Å². The first-order valence-electron chi connectivity index (χ1n) is 5.21. The fourth-order valence-corrected chi connectivity index (χ4v) is 1.94. The van der Waals surface area contributed by atoms with Crippen LogP contribution in [-0.4, -0.2) is 12.2 Å². The van der Waals surface area contributed by atoms with Crippen LogP contribution in [0.3, 0.4) is 0 Å². The van der Waals surface area contributed by atoms with E-state index < -0.39 is 5.60 Å². The molecular weight excluding hydrogens is 174 g/mol. The Bertz CT molecular complexity index is 301. The number of benzene rings is 1. The topological polar surface area (TPSA) is 32.3 Å². The van der Waals surface area contributed by atoms with Crippen molar-refractivity contribution in [2.24, 2.45) is 0 Å². The Kier molecular flexibility index (Phi) is 2.57. The number of hydrogen-bond acceptors (Lipinski definition) is 2. The van der Waals surface area contributed by atoms with Crippen LogP contribution in [0.2, 0.25) is 0 Å². The van der Waals surface area contributed by atoms with Crippen LogP contribution in [0, 0.1) is 0 Å². The van der Waals surface area contributed by atoms with Crippen molar-refractivity contribution in [3.8, 4) is 0 Å². The average molecular weight is 191 g/mol. The van der Waals surface area contributed by atoms with Gasteiger partial charge >= 0.3 is 0 Å². The summed E-state index contributed by atoms with van der Waals surface area (Å²) < 4.78 is 0. The first kappa shape index (κ1) is 9.69. The van der Waals surface area contributed by atoms with E-state index in [9.17, 15) is 5.11 Å². The van der Waals surface area contributed by atoms with E-state index in [1.807, 2.05) is 19.2 Å². The molecule has 1 fully saturated rings. The van der Waals surface area contributed by atoms with Gasteiger partial charge in [-0.3, -0.25) is 0 Å². The van der Waals surface area contributed by atoms with Crippen LogP contribution in [0.1, 0.15) is 30.4 Å². The van der Waals surface area contributed by atoms with Gasteiger partial charge in [-0.25, -0.2) is 0 Å². The summed E-state index contributed by atoms with van der Waals surface area (Å²) in [6.45, 7) is 0.888. The number of rotatable bonds is 3. The minimum Gasteiger partial charge on any atom is -0.385 e. The summed E-state index contributed by atoms with van der Waals surface area (Å²) in [6.07, 6.45) is 2.98. The Balaban J connectivity index is 2.13. The summed E-state index contributed by atoms with van der Waals surface area (Å²) in [6, 6.07) is 8.27. The molecule has 0 bridgehead atoms. The van der Waals surface area contributed by atoms with E-state index in [1.54, 1.807) is 0 Å². The summed E-state index contributed by atoms with van der Waals surface area (Å²) in [7, 11) is 1.94. The molecule has 1 aromatic carbocycles. The molecule has 1 aromatic rings. The molecule has 2 nitrogen and oxygen atoms in total. The van der Waals surface area contributed by atoms with Gasteiger partial charge < -0.3 is 10.4 Å². The maximum atomic E-state index is 10.1. The minimum atomic E-state index is -0.516. The third kappa shape index (κ3) is 1.68. The highest BCUT2D eigenvalue weighted by molar-refractivity contribution is 5.28. The molecule has 0 heterocycles. The second kappa shape index (κ2) is 3.71. The predicted molar refractivity (Wildman–Crippen MR) is 57.0 cm³/mol. The van der Waals surface area contributed by atoms with Gasteiger partial charge in [-0.15, -0.1) is 0 Å². The van der Waals surface area contributed by atoms with Crippen LogP contribution in [0.4, 0.5) is 0 Å². The summed E-state index contributed by atoms with van der Waals surface area (Å²) >= 11 is 0. The SMILES string of the molecule is CNCc1ccc(C2(O)CCC2)cc1. The van der Waals surface area contributed by atoms with Gasteiger partial charge in [0.2, 0.25) is 0 Å². The third-order valence-corrected chi connectivity index (χ3v) is 3.05. The van der Waals surface area contributed by atoms with Crippen molar-refractivity contribution < 1.29 is 5.11 Å². The quantitative estimate of drug-likeness (QED) is 0.763. The summed E-state index contributed by atoms with van der Waals surface area (Å²) in [5.41, 5.74) is 1.82. The standard InChI is InChI=1S/C12H17NO/c1-13-9-10-3-5-11(6-4-10)12(14)7-2-8-12/h3-6,13-14H,2,7-9H2,1H3. The molecule has 0 unspecified atom stereocenters. The predicted octanol–water partition coefficient (Wildman–Crippen LogP) is 1.78. The Labute approximate surface area is 85.0 Å². The van der Waals surface area contributed by atoms with Crippen LogP contribution in [0.15, 0.2) is 24.3 Å². The minimum absolute atomic E-state index is 0.516. The first-order valence-corrected chi connectivity index (χ1v) is 5.21. The molecule has 2 heteroatoms. The molecule has 76 valence electrons. The van der Waals surface area contributed by atoms with Crippen LogP contribution in [0.5, 0.6) is 0 Å². The number of aliphatic hydroxyl groups is 1. The molecule has 0 radical (unpaired) electrons. The largest absolute Gasteiger partial charge is 0.385 e. The van der Waals surface area contributed by atoms with Gasteiger partial charge in [0.15, 0.2) is 0 Å². The van der Waals surface area contributed by atoms with Gasteiger partial charge in [-0.2, -0.15) is 0 Å². The lowest BCUT2D eigenvalue weighted by Crippen LogP contribution is -2.33. The molecule has 0 saturated heterocycles.